The van der Waals surface area contributed by atoms with Gasteiger partial charge in [-0.05, 0) is 43.0 Å². The van der Waals surface area contributed by atoms with Gasteiger partial charge in [0.25, 0.3) is 5.56 Å². The predicted molar refractivity (Wildman–Crippen MR) is 129 cm³/mol. The van der Waals surface area contributed by atoms with Crippen LogP contribution in [-0.4, -0.2) is 15.8 Å². The van der Waals surface area contributed by atoms with Crippen LogP contribution < -0.4 is 10.3 Å². The van der Waals surface area contributed by atoms with Crippen molar-refractivity contribution >= 4 is 23.6 Å². The van der Waals surface area contributed by atoms with Crippen molar-refractivity contribution in [3.05, 3.63) is 74.8 Å². The molecule has 2 aliphatic rings. The van der Waals surface area contributed by atoms with E-state index in [1.807, 2.05) is 13.0 Å². The SMILES string of the molecule is CC1=CCC(C=O)C=C1n1cnc(OCc2ccc(F)cc2F)c(Cl)c1=O.CCC1CCCC1. The van der Waals surface area contributed by atoms with Crippen LogP contribution in [0.3, 0.4) is 0 Å². The van der Waals surface area contributed by atoms with Gasteiger partial charge < -0.3 is 9.53 Å². The molecular weight excluding hydrogens is 462 g/mol. The number of carbonyl (C=O) groups is 1. The van der Waals surface area contributed by atoms with Crippen molar-refractivity contribution in [2.45, 2.75) is 59.0 Å². The number of allylic oxidation sites excluding steroid dienone is 4. The number of halogens is 3. The lowest BCUT2D eigenvalue weighted by atomic mass is 9.96. The van der Waals surface area contributed by atoms with Gasteiger partial charge in [0.1, 0.15) is 30.9 Å². The Morgan fingerprint density at radius 1 is 1.26 bits per heavy atom. The monoisotopic (exact) mass is 490 g/mol. The highest BCUT2D eigenvalue weighted by Gasteiger charge is 2.19. The molecule has 1 heterocycles. The van der Waals surface area contributed by atoms with Crippen LogP contribution in [0.5, 0.6) is 5.88 Å². The number of hydrogen-bond donors (Lipinski definition) is 0. The quantitative estimate of drug-likeness (QED) is 0.443. The van der Waals surface area contributed by atoms with Crippen molar-refractivity contribution in [2.75, 3.05) is 0 Å². The van der Waals surface area contributed by atoms with Gasteiger partial charge in [-0.2, -0.15) is 0 Å². The first-order valence-electron chi connectivity index (χ1n) is 11.5. The van der Waals surface area contributed by atoms with E-state index in [9.17, 15) is 18.4 Å². The molecule has 182 valence electrons. The molecule has 1 saturated carbocycles. The van der Waals surface area contributed by atoms with Crippen molar-refractivity contribution < 1.29 is 18.3 Å². The molecule has 0 amide bonds. The molecule has 1 atom stereocenters. The number of aldehydes is 1. The summed E-state index contributed by atoms with van der Waals surface area (Å²) in [5.74, 6) is -0.862. The zero-order valence-electron chi connectivity index (χ0n) is 19.4. The molecular formula is C26H29ClF2N2O3. The fourth-order valence-electron chi connectivity index (χ4n) is 4.08. The van der Waals surface area contributed by atoms with Crippen molar-refractivity contribution in [1.29, 1.82) is 0 Å². The molecule has 34 heavy (non-hydrogen) atoms. The second kappa shape index (κ2) is 12.1. The molecule has 1 aromatic heterocycles. The fourth-order valence-corrected chi connectivity index (χ4v) is 4.27. The number of benzene rings is 1. The minimum atomic E-state index is -0.771. The van der Waals surface area contributed by atoms with Crippen LogP contribution in [0.1, 0.15) is 57.9 Å². The third-order valence-corrected chi connectivity index (χ3v) is 6.55. The summed E-state index contributed by atoms with van der Waals surface area (Å²) in [6, 6.07) is 3.07. The molecule has 1 aromatic carbocycles. The van der Waals surface area contributed by atoms with Gasteiger partial charge in [0.15, 0.2) is 5.02 Å². The van der Waals surface area contributed by atoms with E-state index in [-0.39, 0.29) is 29.0 Å². The van der Waals surface area contributed by atoms with E-state index in [0.29, 0.717) is 12.1 Å². The molecule has 1 unspecified atom stereocenters. The van der Waals surface area contributed by atoms with E-state index >= 15 is 0 Å². The lowest BCUT2D eigenvalue weighted by Gasteiger charge is -2.18. The smallest absolute Gasteiger partial charge is 0.280 e. The van der Waals surface area contributed by atoms with Crippen molar-refractivity contribution in [3.8, 4) is 5.88 Å². The van der Waals surface area contributed by atoms with E-state index in [2.05, 4.69) is 11.9 Å². The van der Waals surface area contributed by atoms with Gasteiger partial charge in [-0.1, -0.05) is 56.7 Å². The summed E-state index contributed by atoms with van der Waals surface area (Å²) in [5.41, 5.74) is 0.858. The largest absolute Gasteiger partial charge is 0.471 e. The summed E-state index contributed by atoms with van der Waals surface area (Å²) in [6.45, 7) is 3.85. The fraction of sp³-hybridized carbons (Fsp3) is 0.423. The highest BCUT2D eigenvalue weighted by molar-refractivity contribution is 6.31. The van der Waals surface area contributed by atoms with Crippen LogP contribution >= 0.6 is 11.6 Å². The summed E-state index contributed by atoms with van der Waals surface area (Å²) in [7, 11) is 0. The van der Waals surface area contributed by atoms with Gasteiger partial charge in [0, 0.05) is 23.2 Å². The van der Waals surface area contributed by atoms with Crippen LogP contribution in [0.15, 0.2) is 47.0 Å². The predicted octanol–water partition coefficient (Wildman–Crippen LogP) is 6.35. The number of hydrogen-bond acceptors (Lipinski definition) is 4. The first kappa shape index (κ1) is 25.8. The topological polar surface area (TPSA) is 61.2 Å². The van der Waals surface area contributed by atoms with Gasteiger partial charge in [-0.3, -0.25) is 9.36 Å². The van der Waals surface area contributed by atoms with Gasteiger partial charge in [-0.15, -0.1) is 0 Å². The second-order valence-corrected chi connectivity index (χ2v) is 8.97. The lowest BCUT2D eigenvalue weighted by molar-refractivity contribution is -0.109. The minimum absolute atomic E-state index is 0.0982. The normalized spacial score (nSPS) is 18.0. The maximum atomic E-state index is 13.7. The average molecular weight is 491 g/mol. The Morgan fingerprint density at radius 2 is 2.00 bits per heavy atom. The molecule has 0 N–H and O–H groups in total. The lowest BCUT2D eigenvalue weighted by Crippen LogP contribution is -2.23. The molecule has 4 rings (SSSR count). The zero-order valence-corrected chi connectivity index (χ0v) is 20.2. The first-order valence-corrected chi connectivity index (χ1v) is 11.9. The average Bonchev–Trinajstić information content (AvgIpc) is 3.36. The Labute approximate surface area is 203 Å². The van der Waals surface area contributed by atoms with Crippen LogP contribution in [0.25, 0.3) is 5.70 Å². The molecule has 0 spiro atoms. The van der Waals surface area contributed by atoms with Gasteiger partial charge in [0.05, 0.1) is 0 Å². The minimum Gasteiger partial charge on any atom is -0.471 e. The molecule has 8 heteroatoms. The highest BCUT2D eigenvalue weighted by atomic mass is 35.5. The number of rotatable bonds is 6. The van der Waals surface area contributed by atoms with E-state index < -0.39 is 17.2 Å². The molecule has 2 aromatic rings. The molecule has 0 saturated heterocycles. The van der Waals surface area contributed by atoms with Crippen LogP contribution in [0.2, 0.25) is 5.02 Å². The Hall–Kier alpha value is -2.80. The van der Waals surface area contributed by atoms with Crippen molar-refractivity contribution in [3.63, 3.8) is 0 Å². The Balaban J connectivity index is 0.000000396. The van der Waals surface area contributed by atoms with E-state index in [0.717, 1.165) is 29.9 Å². The van der Waals surface area contributed by atoms with E-state index in [4.69, 9.17) is 16.3 Å². The van der Waals surface area contributed by atoms with Gasteiger partial charge in [0.2, 0.25) is 5.88 Å². The first-order chi connectivity index (χ1) is 16.3. The summed E-state index contributed by atoms with van der Waals surface area (Å²) >= 11 is 6.08. The summed E-state index contributed by atoms with van der Waals surface area (Å²) in [6.07, 6.45) is 13.6. The molecule has 0 bridgehead atoms. The maximum absolute atomic E-state index is 13.7. The molecule has 2 aliphatic carbocycles. The Bertz CT molecular complexity index is 1140. The van der Waals surface area contributed by atoms with Crippen LogP contribution in [0.4, 0.5) is 8.78 Å². The van der Waals surface area contributed by atoms with Crippen LogP contribution in [-0.2, 0) is 11.4 Å². The molecule has 0 aliphatic heterocycles. The summed E-state index contributed by atoms with van der Waals surface area (Å²) < 4.78 is 33.2. The number of nitrogens with zero attached hydrogens (tertiary/aromatic N) is 2. The van der Waals surface area contributed by atoms with Crippen molar-refractivity contribution in [2.24, 2.45) is 11.8 Å². The summed E-state index contributed by atoms with van der Waals surface area (Å²) in [5, 5.41) is -0.276. The number of carbonyl (C=O) groups excluding carboxylic acids is 1. The molecule has 0 radical (unpaired) electrons. The maximum Gasteiger partial charge on any atom is 0.280 e. The van der Waals surface area contributed by atoms with Gasteiger partial charge in [-0.25, -0.2) is 13.8 Å². The van der Waals surface area contributed by atoms with E-state index in [1.54, 1.807) is 6.08 Å². The van der Waals surface area contributed by atoms with Crippen molar-refractivity contribution in [1.82, 2.24) is 9.55 Å². The molecule has 5 nitrogen and oxygen atoms in total. The van der Waals surface area contributed by atoms with E-state index in [1.165, 1.54) is 49.1 Å². The summed E-state index contributed by atoms with van der Waals surface area (Å²) in [4.78, 5) is 27.6. The van der Waals surface area contributed by atoms with Gasteiger partial charge >= 0.3 is 0 Å². The third-order valence-electron chi connectivity index (χ3n) is 6.22. The van der Waals surface area contributed by atoms with Crippen LogP contribution in [0, 0.1) is 23.5 Å². The highest BCUT2D eigenvalue weighted by Crippen LogP contribution is 2.27. The Morgan fingerprint density at radius 3 is 2.62 bits per heavy atom. The zero-order chi connectivity index (χ0) is 24.7. The Kier molecular flexibility index (Phi) is 9.16. The standard InChI is InChI=1S/C19H15ClF2N2O3.C7H14/c1-11-2-3-12(8-25)6-16(11)24-10-23-18(17(20)19(24)26)27-9-13-4-5-14(21)7-15(13)22;1-2-7-5-3-4-6-7/h2,4-8,10,12H,3,9H2,1H3;7H,2-6H2,1H3. The second-order valence-electron chi connectivity index (χ2n) is 8.60. The molecule has 1 fully saturated rings. The number of aromatic nitrogens is 2. The number of ether oxygens (including phenoxy) is 1. The third kappa shape index (κ3) is 6.41.